The number of pyridine rings is 1. The van der Waals surface area contributed by atoms with Gasteiger partial charge in [-0.3, -0.25) is 19.3 Å². The Kier molecular flexibility index (Phi) is 12.9. The number of nitrogens with one attached hydrogen (secondary N) is 3. The fraction of sp³-hybridized carbons (Fsp3) is 0.556. The highest BCUT2D eigenvalue weighted by Crippen LogP contribution is 2.43. The quantitative estimate of drug-likeness (QED) is 0.0687. The fourth-order valence-corrected chi connectivity index (χ4v) is 10.9. The molecule has 4 fully saturated rings. The van der Waals surface area contributed by atoms with Gasteiger partial charge in [-0.15, -0.1) is 11.3 Å². The number of aromatic nitrogens is 2. The first kappa shape index (κ1) is 42.2. The number of H-pyrrole nitrogens is 1. The van der Waals surface area contributed by atoms with Gasteiger partial charge in [-0.05, 0) is 104 Å². The van der Waals surface area contributed by atoms with Crippen molar-refractivity contribution >= 4 is 47.6 Å². The van der Waals surface area contributed by atoms with Crippen LogP contribution in [0.15, 0.2) is 59.5 Å². The lowest BCUT2D eigenvalue weighted by Gasteiger charge is -2.45. The number of nitrogens with zero attached hydrogens (tertiary/aromatic N) is 2. The van der Waals surface area contributed by atoms with E-state index in [0.29, 0.717) is 42.5 Å². The molecule has 0 spiro atoms. The number of phenols is 1. The second kappa shape index (κ2) is 17.8. The van der Waals surface area contributed by atoms with Crippen molar-refractivity contribution in [2.45, 2.75) is 127 Å². The van der Waals surface area contributed by atoms with Crippen LogP contribution in [0.1, 0.15) is 106 Å². The molecule has 13 heteroatoms. The molecule has 2 bridgehead atoms. The first-order chi connectivity index (χ1) is 27.7. The molecule has 4 aliphatic rings. The van der Waals surface area contributed by atoms with Crippen LogP contribution >= 0.6 is 11.3 Å². The number of carbonyl (C=O) groups is 2. The molecule has 3 aliphatic heterocycles. The predicted molar refractivity (Wildman–Crippen MR) is 233 cm³/mol. The van der Waals surface area contributed by atoms with Crippen molar-refractivity contribution < 1.29 is 23.9 Å². The van der Waals surface area contributed by atoms with Crippen molar-refractivity contribution in [2.24, 2.45) is 5.92 Å². The minimum Gasteiger partial charge on any atom is -0.506 e. The van der Waals surface area contributed by atoms with E-state index in [-0.39, 0.29) is 40.4 Å². The first-order valence-corrected chi connectivity index (χ1v) is 24.9. The molecule has 2 atom stereocenters. The lowest BCUT2D eigenvalue weighted by atomic mass is 9.69. The minimum atomic E-state index is -2.22. The number of hydrogen-bond donors (Lipinski definition) is 4. The Hall–Kier alpha value is -3.88. The number of piperidine rings is 3. The lowest BCUT2D eigenvalue weighted by Crippen LogP contribution is -2.53. The number of ether oxygens (including phenoxy) is 1. The third kappa shape index (κ3) is 9.60. The number of carbonyl (C=O) groups excluding carboxylic acids is 2. The van der Waals surface area contributed by atoms with Gasteiger partial charge in [0.25, 0.3) is 0 Å². The summed E-state index contributed by atoms with van der Waals surface area (Å²) in [6.07, 6.45) is 10.3. The van der Waals surface area contributed by atoms with Crippen molar-refractivity contribution in [3.63, 3.8) is 0 Å². The molecular formula is C45H61N5O6SSi. The standard InChI is InChI=1S/C45H61N5O6SSi/c1-44(2,3)58(4,5)56-37(34-15-17-36(51)41-35(34)16-18-40(53)48-41)28-46-26-33-27-47-43(57-33)49-39(52)14-10-12-30-11-9-13-32(25-30)45(21-7-6-8-22-45)42(54)55-38-29-50-23-19-31(38)20-24-50/h9,11,13,15-18,25,27,31,37-38,46,51H,6-8,10,12,14,19-24,26,28-29H2,1-5H3,(H,48,53)(H,47,49,52)/t37-,38-/m0/s1. The van der Waals surface area contributed by atoms with Crippen LogP contribution in [-0.2, 0) is 37.1 Å². The average molecular weight is 828 g/mol. The highest BCUT2D eigenvalue weighted by atomic mass is 32.1. The van der Waals surface area contributed by atoms with Crippen LogP contribution in [-0.4, -0.2) is 72.5 Å². The second-order valence-corrected chi connectivity index (χ2v) is 24.1. The molecule has 312 valence electrons. The molecule has 2 aromatic heterocycles. The smallest absolute Gasteiger partial charge is 0.316 e. The Balaban J connectivity index is 0.928. The van der Waals surface area contributed by atoms with E-state index in [2.05, 4.69) is 83.6 Å². The molecule has 4 N–H and O–H groups in total. The molecule has 0 radical (unpaired) electrons. The molecule has 2 aromatic carbocycles. The summed E-state index contributed by atoms with van der Waals surface area (Å²) >= 11 is 1.44. The van der Waals surface area contributed by atoms with Gasteiger partial charge in [0.2, 0.25) is 11.5 Å². The number of amides is 1. The summed E-state index contributed by atoms with van der Waals surface area (Å²) in [6.45, 7) is 15.2. The number of hydrogen-bond acceptors (Lipinski definition) is 10. The van der Waals surface area contributed by atoms with Crippen LogP contribution in [0.4, 0.5) is 5.13 Å². The topological polar surface area (TPSA) is 146 Å². The van der Waals surface area contributed by atoms with Crippen molar-refractivity contribution in [2.75, 3.05) is 31.5 Å². The van der Waals surface area contributed by atoms with Crippen molar-refractivity contribution in [3.05, 3.63) is 86.6 Å². The summed E-state index contributed by atoms with van der Waals surface area (Å²) in [4.78, 5) is 49.8. The van der Waals surface area contributed by atoms with Gasteiger partial charge in [-0.25, -0.2) is 4.98 Å². The van der Waals surface area contributed by atoms with Gasteiger partial charge in [0.05, 0.1) is 17.0 Å². The van der Waals surface area contributed by atoms with Crippen LogP contribution < -0.4 is 16.2 Å². The molecule has 1 saturated carbocycles. The van der Waals surface area contributed by atoms with E-state index in [1.165, 1.54) is 17.4 Å². The maximum atomic E-state index is 14.0. The SMILES string of the molecule is CC(C)(C)[Si](C)(C)O[C@@H](CNCc1cnc(NC(=O)CCCc2cccc(C3(C(=O)O[C@H]4CN5CCC4CC5)CCCCC3)c2)s1)c1ccc(O)c2[nH]c(=O)ccc12. The van der Waals surface area contributed by atoms with Crippen LogP contribution in [0.2, 0.25) is 18.1 Å². The molecule has 11 nitrogen and oxygen atoms in total. The van der Waals surface area contributed by atoms with E-state index in [1.807, 2.05) is 6.07 Å². The van der Waals surface area contributed by atoms with Gasteiger partial charge in [-0.2, -0.15) is 0 Å². The largest absolute Gasteiger partial charge is 0.506 e. The Labute approximate surface area is 347 Å². The number of aromatic hydroxyl groups is 1. The zero-order valence-corrected chi connectivity index (χ0v) is 36.6. The molecular weight excluding hydrogens is 767 g/mol. The van der Waals surface area contributed by atoms with Gasteiger partial charge in [0.1, 0.15) is 11.9 Å². The van der Waals surface area contributed by atoms with Crippen molar-refractivity contribution in [1.29, 1.82) is 0 Å². The maximum absolute atomic E-state index is 14.0. The van der Waals surface area contributed by atoms with Gasteiger partial charge >= 0.3 is 5.97 Å². The number of phenolic OH excluding ortho intramolecular Hbond substituents is 1. The predicted octanol–water partition coefficient (Wildman–Crippen LogP) is 8.34. The number of fused-ring (bicyclic) bond motifs is 4. The van der Waals surface area contributed by atoms with E-state index in [1.54, 1.807) is 18.3 Å². The summed E-state index contributed by atoms with van der Waals surface area (Å²) in [6, 6.07) is 15.1. The molecule has 58 heavy (non-hydrogen) atoms. The van der Waals surface area contributed by atoms with E-state index in [9.17, 15) is 19.5 Å². The molecule has 1 aliphatic carbocycles. The number of anilines is 1. The number of benzene rings is 2. The van der Waals surface area contributed by atoms with Gasteiger partial charge in [-0.1, -0.05) is 70.4 Å². The molecule has 1 amide bonds. The Morgan fingerprint density at radius 1 is 1.09 bits per heavy atom. The summed E-state index contributed by atoms with van der Waals surface area (Å²) in [5.74, 6) is 0.392. The van der Waals surface area contributed by atoms with E-state index in [4.69, 9.17) is 9.16 Å². The van der Waals surface area contributed by atoms with E-state index >= 15 is 0 Å². The number of aromatic amines is 1. The zero-order valence-electron chi connectivity index (χ0n) is 34.8. The first-order valence-electron chi connectivity index (χ1n) is 21.2. The fourth-order valence-electron chi connectivity index (χ4n) is 8.78. The monoisotopic (exact) mass is 827 g/mol. The Morgan fingerprint density at radius 3 is 2.59 bits per heavy atom. The van der Waals surface area contributed by atoms with Crippen LogP contribution in [0.3, 0.4) is 0 Å². The number of aryl methyl sites for hydroxylation is 1. The van der Waals surface area contributed by atoms with Crippen LogP contribution in [0.25, 0.3) is 10.9 Å². The highest BCUT2D eigenvalue weighted by Gasteiger charge is 2.46. The highest BCUT2D eigenvalue weighted by molar-refractivity contribution is 7.15. The number of rotatable bonds is 15. The summed E-state index contributed by atoms with van der Waals surface area (Å²) in [7, 11) is -2.22. The van der Waals surface area contributed by atoms with Gasteiger partial charge < -0.3 is 29.9 Å². The second-order valence-electron chi connectivity index (χ2n) is 18.2. The molecule has 5 heterocycles. The summed E-state index contributed by atoms with van der Waals surface area (Å²) < 4.78 is 13.3. The number of thiazole rings is 1. The maximum Gasteiger partial charge on any atom is 0.316 e. The Bertz CT molecular complexity index is 2130. The average Bonchev–Trinajstić information content (AvgIpc) is 3.65. The van der Waals surface area contributed by atoms with E-state index in [0.717, 1.165) is 98.0 Å². The van der Waals surface area contributed by atoms with Crippen LogP contribution in [0.5, 0.6) is 5.75 Å². The number of esters is 1. The Morgan fingerprint density at radius 2 is 1.86 bits per heavy atom. The van der Waals surface area contributed by atoms with Gasteiger partial charge in [0, 0.05) is 48.6 Å². The van der Waals surface area contributed by atoms with E-state index < -0.39 is 13.7 Å². The van der Waals surface area contributed by atoms with Crippen LogP contribution in [0, 0.1) is 5.92 Å². The van der Waals surface area contributed by atoms with Crippen molar-refractivity contribution in [3.8, 4) is 5.75 Å². The normalized spacial score (nSPS) is 21.2. The molecule has 3 saturated heterocycles. The molecule has 4 aromatic rings. The third-order valence-corrected chi connectivity index (χ3v) is 18.6. The van der Waals surface area contributed by atoms with Crippen molar-refractivity contribution in [1.82, 2.24) is 20.2 Å². The zero-order chi connectivity index (χ0) is 41.1. The molecule has 0 unspecified atom stereocenters. The third-order valence-electron chi connectivity index (χ3n) is 13.2. The summed E-state index contributed by atoms with van der Waals surface area (Å²) in [5.41, 5.74) is 2.62. The van der Waals surface area contributed by atoms with Gasteiger partial charge in [0.15, 0.2) is 13.4 Å². The summed E-state index contributed by atoms with van der Waals surface area (Å²) in [5, 5.41) is 18.3. The minimum absolute atomic E-state index is 0.00694. The molecule has 8 rings (SSSR count). The lowest BCUT2D eigenvalue weighted by molar-refractivity contribution is -0.167.